The molecule has 1 aromatic rings. The van der Waals surface area contributed by atoms with Crippen molar-refractivity contribution >= 4 is 29.9 Å². The molecule has 0 aliphatic carbocycles. The van der Waals surface area contributed by atoms with Gasteiger partial charge in [0.15, 0.2) is 5.96 Å². The first-order valence-electron chi connectivity index (χ1n) is 11.7. The van der Waals surface area contributed by atoms with Gasteiger partial charge in [-0.25, -0.2) is 4.99 Å². The van der Waals surface area contributed by atoms with Crippen molar-refractivity contribution in [2.45, 2.75) is 52.0 Å². The zero-order valence-corrected chi connectivity index (χ0v) is 21.8. The molecule has 1 aromatic carbocycles. The molecule has 2 fully saturated rings. The third-order valence-corrected chi connectivity index (χ3v) is 5.97. The van der Waals surface area contributed by atoms with E-state index >= 15 is 0 Å². The van der Waals surface area contributed by atoms with Gasteiger partial charge in [-0.2, -0.15) is 0 Å². The van der Waals surface area contributed by atoms with E-state index in [0.29, 0.717) is 25.1 Å². The van der Waals surface area contributed by atoms with Crippen molar-refractivity contribution < 1.29 is 9.47 Å². The number of hydrogen-bond donors (Lipinski definition) is 2. The first-order chi connectivity index (χ1) is 14.7. The molecule has 0 aromatic heterocycles. The number of piperidine rings is 1. The summed E-state index contributed by atoms with van der Waals surface area (Å²) in [4.78, 5) is 7.34. The van der Waals surface area contributed by atoms with Gasteiger partial charge in [0.25, 0.3) is 0 Å². The second-order valence-electron chi connectivity index (χ2n) is 8.75. The number of guanidine groups is 1. The Bertz CT molecular complexity index is 657. The third-order valence-electron chi connectivity index (χ3n) is 5.97. The van der Waals surface area contributed by atoms with E-state index in [4.69, 9.17) is 14.5 Å². The zero-order valence-electron chi connectivity index (χ0n) is 19.4. The van der Waals surface area contributed by atoms with E-state index in [-0.39, 0.29) is 24.0 Å². The van der Waals surface area contributed by atoms with Gasteiger partial charge in [0, 0.05) is 38.8 Å². The van der Waals surface area contributed by atoms with Crippen LogP contribution in [-0.2, 0) is 4.74 Å². The van der Waals surface area contributed by atoms with E-state index in [9.17, 15) is 0 Å². The van der Waals surface area contributed by atoms with Crippen LogP contribution >= 0.6 is 24.0 Å². The van der Waals surface area contributed by atoms with Crippen LogP contribution in [0.3, 0.4) is 0 Å². The molecule has 2 aliphatic rings. The minimum atomic E-state index is 0. The second-order valence-corrected chi connectivity index (χ2v) is 8.75. The van der Waals surface area contributed by atoms with Crippen LogP contribution in [0.4, 0.5) is 0 Å². The van der Waals surface area contributed by atoms with Gasteiger partial charge in [-0.15, -0.1) is 24.0 Å². The van der Waals surface area contributed by atoms with Crippen molar-refractivity contribution in [2.75, 3.05) is 52.5 Å². The third kappa shape index (κ3) is 8.77. The SMILES string of the molecule is CCNC(=NCCOc1ccccc1C(C)C)NC1CCN(CC2CCOC2)CC1.I. The van der Waals surface area contributed by atoms with E-state index in [2.05, 4.69) is 48.4 Å². The molecule has 6 nitrogen and oxygen atoms in total. The maximum atomic E-state index is 6.01. The van der Waals surface area contributed by atoms with Gasteiger partial charge in [-0.3, -0.25) is 0 Å². The van der Waals surface area contributed by atoms with Crippen LogP contribution in [0.5, 0.6) is 5.75 Å². The molecule has 1 atom stereocenters. The molecular formula is C24H41IN4O2. The number of nitrogens with one attached hydrogen (secondary N) is 2. The summed E-state index contributed by atoms with van der Waals surface area (Å²) in [6.45, 7) is 14.0. The van der Waals surface area contributed by atoms with Crippen molar-refractivity contribution in [2.24, 2.45) is 10.9 Å². The first-order valence-corrected chi connectivity index (χ1v) is 11.7. The van der Waals surface area contributed by atoms with Crippen LogP contribution < -0.4 is 15.4 Å². The highest BCUT2D eigenvalue weighted by Gasteiger charge is 2.24. The molecule has 0 spiro atoms. The molecule has 2 N–H and O–H groups in total. The van der Waals surface area contributed by atoms with Crippen LogP contribution in [-0.4, -0.2) is 69.4 Å². The number of para-hydroxylation sites is 1. The molecule has 0 amide bonds. The highest BCUT2D eigenvalue weighted by Crippen LogP contribution is 2.25. The first kappa shape index (κ1) is 26.2. The van der Waals surface area contributed by atoms with Crippen LogP contribution in [0.15, 0.2) is 29.3 Å². The van der Waals surface area contributed by atoms with E-state index in [1.54, 1.807) is 0 Å². The Balaban J connectivity index is 0.00000341. The van der Waals surface area contributed by atoms with Gasteiger partial charge in [0.2, 0.25) is 0 Å². The van der Waals surface area contributed by atoms with E-state index < -0.39 is 0 Å². The highest BCUT2D eigenvalue weighted by molar-refractivity contribution is 14.0. The molecule has 7 heteroatoms. The lowest BCUT2D eigenvalue weighted by Gasteiger charge is -2.34. The summed E-state index contributed by atoms with van der Waals surface area (Å²) in [6.07, 6.45) is 3.55. The molecule has 0 saturated carbocycles. The monoisotopic (exact) mass is 544 g/mol. The summed E-state index contributed by atoms with van der Waals surface area (Å²) < 4.78 is 11.5. The van der Waals surface area contributed by atoms with Gasteiger partial charge in [0.1, 0.15) is 12.4 Å². The number of aliphatic imine (C=N–C) groups is 1. The molecule has 0 bridgehead atoms. The minimum absolute atomic E-state index is 0. The lowest BCUT2D eigenvalue weighted by Crippen LogP contribution is -2.49. The van der Waals surface area contributed by atoms with Crippen LogP contribution in [0.2, 0.25) is 0 Å². The summed E-state index contributed by atoms with van der Waals surface area (Å²) in [6, 6.07) is 8.78. The molecule has 0 radical (unpaired) electrons. The quantitative estimate of drug-likeness (QED) is 0.214. The number of halogens is 1. The summed E-state index contributed by atoms with van der Waals surface area (Å²) in [5.74, 6) is 3.06. The Morgan fingerprint density at radius 1 is 1.23 bits per heavy atom. The Labute approximate surface area is 205 Å². The fourth-order valence-electron chi connectivity index (χ4n) is 4.27. The number of benzene rings is 1. The fourth-order valence-corrected chi connectivity index (χ4v) is 4.27. The van der Waals surface area contributed by atoms with Crippen LogP contribution in [0, 0.1) is 5.92 Å². The van der Waals surface area contributed by atoms with Gasteiger partial charge >= 0.3 is 0 Å². The second kappa shape index (κ2) is 14.2. The number of ether oxygens (including phenoxy) is 2. The van der Waals surface area contributed by atoms with E-state index in [1.807, 2.05) is 12.1 Å². The van der Waals surface area contributed by atoms with Gasteiger partial charge in [-0.05, 0) is 49.7 Å². The van der Waals surface area contributed by atoms with Gasteiger partial charge in [0.05, 0.1) is 13.2 Å². The zero-order chi connectivity index (χ0) is 21.2. The molecule has 3 rings (SSSR count). The fraction of sp³-hybridized carbons (Fsp3) is 0.708. The Kier molecular flexibility index (Phi) is 12.0. The maximum absolute atomic E-state index is 6.01. The average molecular weight is 545 g/mol. The number of hydrogen-bond acceptors (Lipinski definition) is 4. The number of likely N-dealkylation sites (tertiary alicyclic amines) is 1. The standard InChI is InChI=1S/C24H40N4O2.HI/c1-4-25-24(26-12-16-30-23-8-6-5-7-22(23)19(2)3)27-21-9-13-28(14-10-21)17-20-11-15-29-18-20;/h5-8,19-21H,4,9-18H2,1-3H3,(H2,25,26,27);1H. The highest BCUT2D eigenvalue weighted by atomic mass is 127. The lowest BCUT2D eigenvalue weighted by atomic mass is 10.0. The predicted molar refractivity (Wildman–Crippen MR) is 139 cm³/mol. The Morgan fingerprint density at radius 2 is 2.00 bits per heavy atom. The predicted octanol–water partition coefficient (Wildman–Crippen LogP) is 3.86. The largest absolute Gasteiger partial charge is 0.491 e. The van der Waals surface area contributed by atoms with E-state index in [0.717, 1.165) is 63.3 Å². The van der Waals surface area contributed by atoms with Crippen LogP contribution in [0.1, 0.15) is 51.5 Å². The molecular weight excluding hydrogens is 503 g/mol. The van der Waals surface area contributed by atoms with Crippen molar-refractivity contribution in [3.63, 3.8) is 0 Å². The molecule has 1 unspecified atom stereocenters. The molecule has 2 aliphatic heterocycles. The van der Waals surface area contributed by atoms with Crippen molar-refractivity contribution in [1.82, 2.24) is 15.5 Å². The van der Waals surface area contributed by atoms with E-state index in [1.165, 1.54) is 18.5 Å². The summed E-state index contributed by atoms with van der Waals surface area (Å²) >= 11 is 0. The van der Waals surface area contributed by atoms with Crippen molar-refractivity contribution in [1.29, 1.82) is 0 Å². The molecule has 2 heterocycles. The summed E-state index contributed by atoms with van der Waals surface area (Å²) in [5.41, 5.74) is 1.25. The van der Waals surface area contributed by atoms with Crippen molar-refractivity contribution in [3.05, 3.63) is 29.8 Å². The topological polar surface area (TPSA) is 58.1 Å². The van der Waals surface area contributed by atoms with Gasteiger partial charge < -0.3 is 25.0 Å². The van der Waals surface area contributed by atoms with Crippen LogP contribution in [0.25, 0.3) is 0 Å². The Morgan fingerprint density at radius 3 is 2.68 bits per heavy atom. The average Bonchev–Trinajstić information content (AvgIpc) is 3.26. The summed E-state index contributed by atoms with van der Waals surface area (Å²) in [7, 11) is 0. The normalized spacial score (nSPS) is 20.5. The molecule has 2 saturated heterocycles. The number of nitrogens with zero attached hydrogens (tertiary/aromatic N) is 2. The number of rotatable bonds is 9. The Hall–Kier alpha value is -1.06. The van der Waals surface area contributed by atoms with Gasteiger partial charge in [-0.1, -0.05) is 32.0 Å². The smallest absolute Gasteiger partial charge is 0.191 e. The lowest BCUT2D eigenvalue weighted by molar-refractivity contribution is 0.150. The summed E-state index contributed by atoms with van der Waals surface area (Å²) in [5, 5.41) is 7.01. The molecule has 176 valence electrons. The molecule has 31 heavy (non-hydrogen) atoms. The van der Waals surface area contributed by atoms with Crippen molar-refractivity contribution in [3.8, 4) is 5.75 Å². The minimum Gasteiger partial charge on any atom is -0.491 e. The maximum Gasteiger partial charge on any atom is 0.191 e.